The number of rotatable bonds is 5. The van der Waals surface area contributed by atoms with Crippen LogP contribution in [0.1, 0.15) is 47.7 Å². The summed E-state index contributed by atoms with van der Waals surface area (Å²) >= 11 is 0. The summed E-state index contributed by atoms with van der Waals surface area (Å²) in [4.78, 5) is 12.0. The fraction of sp³-hybridized carbons (Fsp3) is 0.211. The number of halogens is 5. The van der Waals surface area contributed by atoms with E-state index in [0.29, 0.717) is 12.0 Å². The van der Waals surface area contributed by atoms with Gasteiger partial charge in [0, 0.05) is 5.56 Å². The van der Waals surface area contributed by atoms with E-state index in [0.717, 1.165) is 18.1 Å². The molecule has 0 fully saturated rings. The van der Waals surface area contributed by atoms with Gasteiger partial charge in [-0.15, -0.1) is 0 Å². The average Bonchev–Trinajstić information content (AvgIpc) is 2.64. The van der Waals surface area contributed by atoms with Gasteiger partial charge in [0.15, 0.2) is 29.1 Å². The molecule has 0 aliphatic carbocycles. The normalized spacial score (nSPS) is 12.6. The predicted octanol–water partition coefficient (Wildman–Crippen LogP) is 5.79. The lowest BCUT2D eigenvalue weighted by atomic mass is 9.97. The smallest absolute Gasteiger partial charge is 0.200 e. The zero-order chi connectivity index (χ0) is 18.7. The van der Waals surface area contributed by atoms with Crippen molar-refractivity contribution in [1.82, 2.24) is 0 Å². The van der Waals surface area contributed by atoms with Crippen LogP contribution in [0, 0.1) is 29.1 Å². The van der Waals surface area contributed by atoms with Crippen LogP contribution in [-0.4, -0.2) is 5.78 Å². The molecule has 6 heteroatoms. The maximum absolute atomic E-state index is 13.6. The van der Waals surface area contributed by atoms with Crippen LogP contribution < -0.4 is 0 Å². The van der Waals surface area contributed by atoms with Gasteiger partial charge >= 0.3 is 0 Å². The second-order valence-corrected chi connectivity index (χ2v) is 5.61. The van der Waals surface area contributed by atoms with E-state index in [1.54, 1.807) is 24.3 Å². The second-order valence-electron chi connectivity index (χ2n) is 5.61. The lowest BCUT2D eigenvalue weighted by molar-refractivity contribution is 0.104. The molecule has 132 valence electrons. The molecule has 0 heterocycles. The molecular formula is C19H15F5O. The Labute approximate surface area is 141 Å². The molecule has 0 aromatic heterocycles. The zero-order valence-electron chi connectivity index (χ0n) is 13.5. The highest BCUT2D eigenvalue weighted by Gasteiger charge is 2.24. The fourth-order valence-corrected chi connectivity index (χ4v) is 2.24. The first-order valence-corrected chi connectivity index (χ1v) is 7.61. The summed E-state index contributed by atoms with van der Waals surface area (Å²) in [6.45, 7) is 4.05. The summed E-state index contributed by atoms with van der Waals surface area (Å²) in [6, 6.07) is 6.61. The van der Waals surface area contributed by atoms with Crippen molar-refractivity contribution in [2.75, 3.05) is 0 Å². The van der Waals surface area contributed by atoms with Gasteiger partial charge in [0.1, 0.15) is 0 Å². The van der Waals surface area contributed by atoms with Crippen molar-refractivity contribution in [2.45, 2.75) is 26.2 Å². The van der Waals surface area contributed by atoms with Crippen LogP contribution in [0.5, 0.6) is 0 Å². The van der Waals surface area contributed by atoms with E-state index in [1.165, 1.54) is 0 Å². The lowest BCUT2D eigenvalue weighted by Gasteiger charge is -2.08. The number of ketones is 1. The van der Waals surface area contributed by atoms with E-state index in [4.69, 9.17) is 0 Å². The van der Waals surface area contributed by atoms with Crippen molar-refractivity contribution in [3.63, 3.8) is 0 Å². The molecule has 1 nitrogen and oxygen atoms in total. The minimum Gasteiger partial charge on any atom is -0.289 e. The molecule has 25 heavy (non-hydrogen) atoms. The summed E-state index contributed by atoms with van der Waals surface area (Å²) in [5, 5.41) is 0. The molecule has 0 radical (unpaired) electrons. The zero-order valence-corrected chi connectivity index (χ0v) is 13.5. The number of hydrogen-bond acceptors (Lipinski definition) is 1. The van der Waals surface area contributed by atoms with Gasteiger partial charge in [-0.05, 0) is 30.1 Å². The number of carbonyl (C=O) groups excluding carboxylic acids is 1. The van der Waals surface area contributed by atoms with Gasteiger partial charge in [0.05, 0.1) is 5.56 Å². The summed E-state index contributed by atoms with van der Waals surface area (Å²) in [6.07, 6.45) is 2.28. The van der Waals surface area contributed by atoms with Crippen molar-refractivity contribution in [3.8, 4) is 0 Å². The molecule has 0 aliphatic rings. The summed E-state index contributed by atoms with van der Waals surface area (Å²) in [5.41, 5.74) is 0.121. The molecular weight excluding hydrogens is 339 g/mol. The van der Waals surface area contributed by atoms with Crippen LogP contribution in [0.3, 0.4) is 0 Å². The molecule has 1 unspecified atom stereocenters. The third-order valence-corrected chi connectivity index (χ3v) is 4.02. The third kappa shape index (κ3) is 3.78. The number of allylic oxidation sites excluding steroid dienone is 1. The molecule has 0 amide bonds. The Kier molecular flexibility index (Phi) is 5.72. The van der Waals surface area contributed by atoms with E-state index < -0.39 is 40.4 Å². The molecule has 0 aliphatic heterocycles. The molecule has 2 aromatic carbocycles. The first-order valence-electron chi connectivity index (χ1n) is 7.61. The Morgan fingerprint density at radius 3 is 1.88 bits per heavy atom. The molecule has 2 aromatic rings. The number of benzene rings is 2. The number of carbonyl (C=O) groups is 1. The fourth-order valence-electron chi connectivity index (χ4n) is 2.24. The van der Waals surface area contributed by atoms with E-state index in [1.807, 2.05) is 13.8 Å². The molecule has 0 saturated heterocycles. The van der Waals surface area contributed by atoms with Crippen LogP contribution in [0.4, 0.5) is 22.0 Å². The Bertz CT molecular complexity index is 796. The van der Waals surface area contributed by atoms with E-state index in [9.17, 15) is 26.7 Å². The summed E-state index contributed by atoms with van der Waals surface area (Å²) in [7, 11) is 0. The standard InChI is InChI=1S/C19H15F5O/c1-3-10(2)11-4-6-12(7-5-11)14(25)9-8-13-15(20)17(22)19(24)18(23)16(13)21/h4-10H,3H2,1-2H3. The highest BCUT2D eigenvalue weighted by molar-refractivity contribution is 6.06. The van der Waals surface area contributed by atoms with Crippen LogP contribution >= 0.6 is 0 Å². The SMILES string of the molecule is CCC(C)c1ccc(C(=O)C=Cc2c(F)c(F)c(F)c(F)c2F)cc1. The highest BCUT2D eigenvalue weighted by Crippen LogP contribution is 2.24. The van der Waals surface area contributed by atoms with Gasteiger partial charge in [0.2, 0.25) is 5.82 Å². The van der Waals surface area contributed by atoms with Gasteiger partial charge in [-0.3, -0.25) is 4.79 Å². The largest absolute Gasteiger partial charge is 0.289 e. The van der Waals surface area contributed by atoms with Crippen LogP contribution in [-0.2, 0) is 0 Å². The Morgan fingerprint density at radius 1 is 0.920 bits per heavy atom. The quantitative estimate of drug-likeness (QED) is 0.218. The van der Waals surface area contributed by atoms with E-state index >= 15 is 0 Å². The van der Waals surface area contributed by atoms with Gasteiger partial charge < -0.3 is 0 Å². The van der Waals surface area contributed by atoms with Crippen molar-refractivity contribution >= 4 is 11.9 Å². The highest BCUT2D eigenvalue weighted by atomic mass is 19.2. The van der Waals surface area contributed by atoms with Crippen LogP contribution in [0.25, 0.3) is 6.08 Å². The van der Waals surface area contributed by atoms with Gasteiger partial charge in [0.25, 0.3) is 0 Å². The maximum atomic E-state index is 13.6. The van der Waals surface area contributed by atoms with Gasteiger partial charge in [-0.1, -0.05) is 38.1 Å². The number of hydrogen-bond donors (Lipinski definition) is 0. The summed E-state index contributed by atoms with van der Waals surface area (Å²) < 4.78 is 66.3. The third-order valence-electron chi connectivity index (χ3n) is 4.02. The van der Waals surface area contributed by atoms with Crippen molar-refractivity contribution < 1.29 is 26.7 Å². The van der Waals surface area contributed by atoms with Gasteiger partial charge in [-0.2, -0.15) is 0 Å². The first-order chi connectivity index (χ1) is 11.8. The molecule has 0 spiro atoms. The molecule has 0 saturated carbocycles. The van der Waals surface area contributed by atoms with E-state index in [2.05, 4.69) is 0 Å². The maximum Gasteiger partial charge on any atom is 0.200 e. The second kappa shape index (κ2) is 7.59. The monoisotopic (exact) mass is 354 g/mol. The van der Waals surface area contributed by atoms with E-state index in [-0.39, 0.29) is 5.56 Å². The Balaban J connectivity index is 2.29. The average molecular weight is 354 g/mol. The molecule has 2 rings (SSSR count). The van der Waals surface area contributed by atoms with Crippen molar-refractivity contribution in [3.05, 3.63) is 76.1 Å². The Morgan fingerprint density at radius 2 is 1.40 bits per heavy atom. The predicted molar refractivity (Wildman–Crippen MR) is 84.7 cm³/mol. The van der Waals surface area contributed by atoms with Crippen LogP contribution in [0.15, 0.2) is 30.3 Å². The minimum atomic E-state index is -2.24. The van der Waals surface area contributed by atoms with Crippen molar-refractivity contribution in [2.24, 2.45) is 0 Å². The van der Waals surface area contributed by atoms with Crippen LogP contribution in [0.2, 0.25) is 0 Å². The molecule has 1 atom stereocenters. The molecule has 0 bridgehead atoms. The Hall–Kier alpha value is -2.50. The van der Waals surface area contributed by atoms with Gasteiger partial charge in [-0.25, -0.2) is 22.0 Å². The van der Waals surface area contributed by atoms with Crippen molar-refractivity contribution in [1.29, 1.82) is 0 Å². The summed E-state index contributed by atoms with van der Waals surface area (Å²) in [5.74, 6) is -10.6. The molecule has 0 N–H and O–H groups in total. The minimum absolute atomic E-state index is 0.243. The topological polar surface area (TPSA) is 17.1 Å². The first kappa shape index (κ1) is 18.8. The lowest BCUT2D eigenvalue weighted by Crippen LogP contribution is -2.04.